The second kappa shape index (κ2) is 12.7. The fourth-order valence-corrected chi connectivity index (χ4v) is 5.81. The molecular weight excluding hydrogens is 496 g/mol. The maximum Gasteiger partial charge on any atom is 0.226 e. The van der Waals surface area contributed by atoms with Crippen molar-refractivity contribution < 1.29 is 19.1 Å². The Kier molecular flexibility index (Phi) is 9.12. The molecule has 4 aromatic rings. The van der Waals surface area contributed by atoms with Gasteiger partial charge in [-0.15, -0.1) is 0 Å². The average Bonchev–Trinajstić information content (AvgIpc) is 2.91. The lowest BCUT2D eigenvalue weighted by Crippen LogP contribution is -2.14. The molecule has 8 nitrogen and oxygen atoms in total. The summed E-state index contributed by atoms with van der Waals surface area (Å²) in [7, 11) is 6.28. The summed E-state index contributed by atoms with van der Waals surface area (Å²) in [6.45, 7) is 0.731. The summed E-state index contributed by atoms with van der Waals surface area (Å²) in [6, 6.07) is 15.3. The predicted octanol–water partition coefficient (Wildman–Crippen LogP) is 5.53. The number of fused-ring (bicyclic) bond motifs is 2. The largest absolute Gasteiger partial charge is 0.384 e. The van der Waals surface area contributed by atoms with Crippen molar-refractivity contribution in [1.82, 2.24) is 9.97 Å². The van der Waals surface area contributed by atoms with E-state index in [1.807, 2.05) is 48.5 Å². The first-order valence-corrected chi connectivity index (χ1v) is 13.4. The molecule has 2 aromatic carbocycles. The molecule has 0 fully saturated rings. The molecule has 186 valence electrons. The molecule has 0 unspecified atom stereocenters. The van der Waals surface area contributed by atoms with Crippen LogP contribution in [0.5, 0.6) is 0 Å². The van der Waals surface area contributed by atoms with Crippen molar-refractivity contribution in [3.05, 3.63) is 60.9 Å². The molecule has 2 aromatic heterocycles. The van der Waals surface area contributed by atoms with Crippen LogP contribution in [-0.2, 0) is 19.1 Å². The molecule has 36 heavy (non-hydrogen) atoms. The fourth-order valence-electron chi connectivity index (χ4n) is 3.55. The number of amides is 2. The molecule has 0 aliphatic carbocycles. The van der Waals surface area contributed by atoms with Crippen molar-refractivity contribution in [1.29, 1.82) is 0 Å². The van der Waals surface area contributed by atoms with E-state index in [-0.39, 0.29) is 24.7 Å². The second-order valence-corrected chi connectivity index (χ2v) is 9.98. The van der Waals surface area contributed by atoms with Gasteiger partial charge in [-0.05, 0) is 48.5 Å². The summed E-state index contributed by atoms with van der Waals surface area (Å²) >= 11 is 0. The highest BCUT2D eigenvalue weighted by Gasteiger charge is 2.14. The van der Waals surface area contributed by atoms with Crippen LogP contribution >= 0.6 is 21.6 Å². The number of carbonyl (C=O) groups excluding carboxylic acids is 2. The highest BCUT2D eigenvalue weighted by atomic mass is 33.1. The van der Waals surface area contributed by atoms with Gasteiger partial charge in [-0.25, -0.2) is 0 Å². The van der Waals surface area contributed by atoms with Crippen LogP contribution in [0.25, 0.3) is 21.8 Å². The van der Waals surface area contributed by atoms with E-state index in [9.17, 15) is 9.59 Å². The van der Waals surface area contributed by atoms with Gasteiger partial charge in [0.1, 0.15) is 0 Å². The number of methoxy groups -OCH3 is 2. The Labute approximate surface area is 217 Å². The van der Waals surface area contributed by atoms with Crippen LogP contribution in [0, 0.1) is 0 Å². The topological polar surface area (TPSA) is 102 Å². The monoisotopic (exact) mass is 522 g/mol. The summed E-state index contributed by atoms with van der Waals surface area (Å²) in [5.41, 5.74) is 3.04. The zero-order chi connectivity index (χ0) is 25.3. The summed E-state index contributed by atoms with van der Waals surface area (Å²) in [6.07, 6.45) is 4.05. The Balaban J connectivity index is 1.56. The van der Waals surface area contributed by atoms with E-state index < -0.39 is 0 Å². The number of ether oxygens (including phenoxy) is 2. The maximum atomic E-state index is 12.2. The van der Waals surface area contributed by atoms with Gasteiger partial charge in [0, 0.05) is 47.2 Å². The van der Waals surface area contributed by atoms with Crippen molar-refractivity contribution in [2.45, 2.75) is 22.6 Å². The van der Waals surface area contributed by atoms with Crippen LogP contribution in [0.2, 0.25) is 0 Å². The Bertz CT molecular complexity index is 1280. The number of hydrogen-bond acceptors (Lipinski definition) is 8. The normalized spacial score (nSPS) is 11.1. The number of nitrogens with one attached hydrogen (secondary N) is 2. The van der Waals surface area contributed by atoms with Crippen LogP contribution < -0.4 is 10.6 Å². The molecule has 0 atom stereocenters. The van der Waals surface area contributed by atoms with Crippen molar-refractivity contribution >= 4 is 66.6 Å². The first-order chi connectivity index (χ1) is 17.6. The third-order valence-electron chi connectivity index (χ3n) is 5.30. The van der Waals surface area contributed by atoms with E-state index in [4.69, 9.17) is 9.47 Å². The van der Waals surface area contributed by atoms with Crippen molar-refractivity contribution in [2.75, 3.05) is 38.1 Å². The van der Waals surface area contributed by atoms with Crippen LogP contribution in [-0.4, -0.2) is 49.2 Å². The van der Waals surface area contributed by atoms with E-state index in [0.717, 1.165) is 31.6 Å². The van der Waals surface area contributed by atoms with E-state index >= 15 is 0 Å². The number of rotatable bonds is 11. The lowest BCUT2D eigenvalue weighted by molar-refractivity contribution is -0.117. The molecule has 0 saturated heterocycles. The first-order valence-electron chi connectivity index (χ1n) is 11.3. The van der Waals surface area contributed by atoms with Crippen LogP contribution in [0.15, 0.2) is 70.7 Å². The summed E-state index contributed by atoms with van der Waals surface area (Å²) in [5, 5.41) is 7.64. The third kappa shape index (κ3) is 6.33. The fraction of sp³-hybridized carbons (Fsp3) is 0.231. The predicted molar refractivity (Wildman–Crippen MR) is 145 cm³/mol. The molecule has 2 heterocycles. The molecule has 2 N–H and O–H groups in total. The minimum atomic E-state index is -0.108. The number of pyridine rings is 2. The Morgan fingerprint density at radius 3 is 1.58 bits per heavy atom. The molecule has 0 radical (unpaired) electrons. The molecule has 0 aliphatic rings. The smallest absolute Gasteiger partial charge is 0.226 e. The Morgan fingerprint density at radius 1 is 0.722 bits per heavy atom. The maximum absolute atomic E-state index is 12.2. The van der Waals surface area contributed by atoms with Gasteiger partial charge in [-0.2, -0.15) is 0 Å². The number of anilines is 2. The van der Waals surface area contributed by atoms with Gasteiger partial charge in [0.25, 0.3) is 0 Å². The van der Waals surface area contributed by atoms with Crippen LogP contribution in [0.3, 0.4) is 0 Å². The number of hydrogen-bond donors (Lipinski definition) is 2. The minimum absolute atomic E-state index is 0.108. The van der Waals surface area contributed by atoms with Crippen LogP contribution in [0.1, 0.15) is 12.8 Å². The second-order valence-electron chi connectivity index (χ2n) is 7.77. The highest BCUT2D eigenvalue weighted by Crippen LogP contribution is 2.44. The van der Waals surface area contributed by atoms with Gasteiger partial charge in [-0.3, -0.25) is 19.6 Å². The lowest BCUT2D eigenvalue weighted by atomic mass is 10.1. The zero-order valence-corrected chi connectivity index (χ0v) is 21.6. The highest BCUT2D eigenvalue weighted by molar-refractivity contribution is 8.76. The van der Waals surface area contributed by atoms with Gasteiger partial charge in [-0.1, -0.05) is 21.6 Å². The summed E-state index contributed by atoms with van der Waals surface area (Å²) in [5.74, 6) is -0.215. The molecule has 0 aliphatic heterocycles. The number of carbonyl (C=O) groups is 2. The van der Waals surface area contributed by atoms with E-state index in [0.29, 0.717) is 24.6 Å². The number of nitrogens with zero attached hydrogens (tertiary/aromatic N) is 2. The van der Waals surface area contributed by atoms with E-state index in [2.05, 4.69) is 20.6 Å². The summed E-state index contributed by atoms with van der Waals surface area (Å²) in [4.78, 5) is 35.5. The molecule has 0 bridgehead atoms. The van der Waals surface area contributed by atoms with Gasteiger partial charge in [0.05, 0.1) is 48.5 Å². The van der Waals surface area contributed by atoms with Gasteiger partial charge >= 0.3 is 0 Å². The molecule has 0 spiro atoms. The quantitative estimate of drug-likeness (QED) is 0.248. The molecule has 10 heteroatoms. The Hall–Kier alpha value is -3.18. The average molecular weight is 523 g/mol. The molecule has 4 rings (SSSR count). The van der Waals surface area contributed by atoms with E-state index in [1.165, 1.54) is 0 Å². The Morgan fingerprint density at radius 2 is 1.17 bits per heavy atom. The number of aromatic nitrogens is 2. The van der Waals surface area contributed by atoms with Crippen molar-refractivity contribution in [3.8, 4) is 0 Å². The number of benzene rings is 2. The van der Waals surface area contributed by atoms with Gasteiger partial charge < -0.3 is 20.1 Å². The first kappa shape index (κ1) is 25.9. The van der Waals surface area contributed by atoms with Crippen molar-refractivity contribution in [2.24, 2.45) is 0 Å². The minimum Gasteiger partial charge on any atom is -0.384 e. The SMILES string of the molecule is COCCC(=O)Nc1ccc(SSc2ccc(NC(=O)CCOC)c3cccnc23)c2ncccc12. The molecule has 2 amide bonds. The molecular formula is C26H26N4O4S2. The zero-order valence-electron chi connectivity index (χ0n) is 19.9. The van der Waals surface area contributed by atoms with E-state index in [1.54, 1.807) is 48.2 Å². The van der Waals surface area contributed by atoms with Gasteiger partial charge in [0.15, 0.2) is 0 Å². The lowest BCUT2D eigenvalue weighted by Gasteiger charge is -2.13. The third-order valence-corrected chi connectivity index (χ3v) is 7.73. The van der Waals surface area contributed by atoms with Crippen LogP contribution in [0.4, 0.5) is 11.4 Å². The standard InChI is InChI=1S/C26H26N4O4S2/c1-33-15-11-23(31)29-19-7-9-21(25-17(19)5-3-13-27-25)35-36-22-10-8-20(30-24(32)12-16-34-2)18-6-4-14-28-26(18)22/h3-10,13-14H,11-12,15-16H2,1-2H3,(H,29,31)(H,30,32). The summed E-state index contributed by atoms with van der Waals surface area (Å²) < 4.78 is 9.99. The molecule has 0 saturated carbocycles. The van der Waals surface area contributed by atoms with Gasteiger partial charge in [0.2, 0.25) is 11.8 Å². The van der Waals surface area contributed by atoms with Crippen molar-refractivity contribution in [3.63, 3.8) is 0 Å².